The molecule has 6 heteroatoms. The summed E-state index contributed by atoms with van der Waals surface area (Å²) in [6.45, 7) is 3.33. The monoisotopic (exact) mass is 280 g/mol. The Morgan fingerprint density at radius 3 is 2.53 bits per heavy atom. The lowest BCUT2D eigenvalue weighted by Crippen LogP contribution is -2.30. The zero-order valence-corrected chi connectivity index (χ0v) is 11.6. The van der Waals surface area contributed by atoms with Gasteiger partial charge in [0.1, 0.15) is 5.41 Å². The van der Waals surface area contributed by atoms with Gasteiger partial charge < -0.3 is 9.26 Å². The van der Waals surface area contributed by atoms with Gasteiger partial charge in [0, 0.05) is 10.6 Å². The first-order valence-corrected chi connectivity index (χ1v) is 6.01. The predicted octanol–water partition coefficient (Wildman–Crippen LogP) is 2.84. The predicted molar refractivity (Wildman–Crippen MR) is 69.8 cm³/mol. The highest BCUT2D eigenvalue weighted by atomic mass is 35.5. The first-order chi connectivity index (χ1) is 8.95. The second kappa shape index (κ2) is 5.01. The van der Waals surface area contributed by atoms with Crippen LogP contribution in [0.2, 0.25) is 5.02 Å². The topological polar surface area (TPSA) is 65.2 Å². The molecule has 100 valence electrons. The van der Waals surface area contributed by atoms with Crippen LogP contribution in [0.3, 0.4) is 0 Å². The van der Waals surface area contributed by atoms with E-state index in [1.165, 1.54) is 7.11 Å². The van der Waals surface area contributed by atoms with Gasteiger partial charge in [0.25, 0.3) is 0 Å². The summed E-state index contributed by atoms with van der Waals surface area (Å²) in [4.78, 5) is 15.9. The third-order valence-electron chi connectivity index (χ3n) is 2.76. The van der Waals surface area contributed by atoms with Crippen molar-refractivity contribution in [3.8, 4) is 11.4 Å². The summed E-state index contributed by atoms with van der Waals surface area (Å²) in [5.41, 5.74) is -0.216. The van der Waals surface area contributed by atoms with Crippen LogP contribution in [0.15, 0.2) is 28.8 Å². The highest BCUT2D eigenvalue weighted by Gasteiger charge is 2.37. The molecule has 2 aromatic rings. The fraction of sp³-hybridized carbons (Fsp3) is 0.308. The molecule has 1 heterocycles. The number of esters is 1. The second-order valence-corrected chi connectivity index (χ2v) is 4.98. The van der Waals surface area contributed by atoms with Crippen LogP contribution >= 0.6 is 11.6 Å². The fourth-order valence-electron chi connectivity index (χ4n) is 1.54. The Morgan fingerprint density at radius 2 is 1.95 bits per heavy atom. The Bertz CT molecular complexity index is 590. The number of benzene rings is 1. The van der Waals surface area contributed by atoms with Gasteiger partial charge in [-0.2, -0.15) is 4.98 Å². The molecule has 0 radical (unpaired) electrons. The molecule has 0 aliphatic heterocycles. The van der Waals surface area contributed by atoms with E-state index in [1.54, 1.807) is 38.1 Å². The summed E-state index contributed by atoms with van der Waals surface area (Å²) in [5.74, 6) is 0.187. The van der Waals surface area contributed by atoms with Gasteiger partial charge in [-0.25, -0.2) is 0 Å². The Morgan fingerprint density at radius 1 is 1.32 bits per heavy atom. The molecule has 1 aromatic carbocycles. The molecule has 0 aliphatic carbocycles. The van der Waals surface area contributed by atoms with E-state index in [2.05, 4.69) is 10.1 Å². The Hall–Kier alpha value is -1.88. The smallest absolute Gasteiger partial charge is 0.320 e. The van der Waals surface area contributed by atoms with Crippen LogP contribution in [0.25, 0.3) is 11.4 Å². The molecule has 0 fully saturated rings. The number of methoxy groups -OCH3 is 1. The van der Waals surface area contributed by atoms with Crippen LogP contribution in [-0.4, -0.2) is 23.2 Å². The summed E-state index contributed by atoms with van der Waals surface area (Å²) in [6, 6.07) is 7.03. The fourth-order valence-corrected chi connectivity index (χ4v) is 1.66. The zero-order chi connectivity index (χ0) is 14.0. The molecule has 0 bridgehead atoms. The number of ether oxygens (including phenoxy) is 1. The standard InChI is InChI=1S/C13H13ClN2O3/c1-13(2,12(17)18-3)11-15-10(16-19-11)8-4-6-9(14)7-5-8/h4-7H,1-3H3. The average molecular weight is 281 g/mol. The van der Waals surface area contributed by atoms with Crippen LogP contribution in [0.4, 0.5) is 0 Å². The van der Waals surface area contributed by atoms with Crippen molar-refractivity contribution in [2.75, 3.05) is 7.11 Å². The molecular weight excluding hydrogens is 268 g/mol. The SMILES string of the molecule is COC(=O)C(C)(C)c1nc(-c2ccc(Cl)cc2)no1. The van der Waals surface area contributed by atoms with Crippen molar-refractivity contribution in [2.24, 2.45) is 0 Å². The minimum atomic E-state index is -0.980. The number of carbonyl (C=O) groups excluding carboxylic acids is 1. The number of hydrogen-bond acceptors (Lipinski definition) is 5. The normalized spacial score (nSPS) is 11.4. The van der Waals surface area contributed by atoms with Gasteiger partial charge >= 0.3 is 5.97 Å². The quantitative estimate of drug-likeness (QED) is 0.809. The summed E-state index contributed by atoms with van der Waals surface area (Å²) in [7, 11) is 1.32. The lowest BCUT2D eigenvalue weighted by molar-refractivity contribution is -0.147. The summed E-state index contributed by atoms with van der Waals surface area (Å²) >= 11 is 5.81. The molecular formula is C13H13ClN2O3. The van der Waals surface area contributed by atoms with E-state index in [0.29, 0.717) is 10.8 Å². The van der Waals surface area contributed by atoms with Crippen molar-refractivity contribution >= 4 is 17.6 Å². The summed E-state index contributed by atoms with van der Waals surface area (Å²) in [6.07, 6.45) is 0. The van der Waals surface area contributed by atoms with Crippen molar-refractivity contribution in [2.45, 2.75) is 19.3 Å². The minimum Gasteiger partial charge on any atom is -0.468 e. The summed E-state index contributed by atoms with van der Waals surface area (Å²) < 4.78 is 9.86. The molecule has 0 aliphatic rings. The largest absolute Gasteiger partial charge is 0.468 e. The number of carbonyl (C=O) groups is 1. The van der Waals surface area contributed by atoms with Crippen LogP contribution < -0.4 is 0 Å². The van der Waals surface area contributed by atoms with E-state index < -0.39 is 11.4 Å². The van der Waals surface area contributed by atoms with Gasteiger partial charge in [-0.1, -0.05) is 16.8 Å². The zero-order valence-electron chi connectivity index (χ0n) is 10.8. The van der Waals surface area contributed by atoms with Gasteiger partial charge in [0.2, 0.25) is 11.7 Å². The Balaban J connectivity index is 2.34. The average Bonchev–Trinajstić information content (AvgIpc) is 2.88. The molecule has 0 spiro atoms. The van der Waals surface area contributed by atoms with Crippen molar-refractivity contribution in [3.63, 3.8) is 0 Å². The number of rotatable bonds is 3. The van der Waals surface area contributed by atoms with Gasteiger partial charge in [-0.05, 0) is 38.1 Å². The maximum Gasteiger partial charge on any atom is 0.320 e. The number of aromatic nitrogens is 2. The molecule has 5 nitrogen and oxygen atoms in total. The first-order valence-electron chi connectivity index (χ1n) is 5.63. The molecule has 0 unspecified atom stereocenters. The van der Waals surface area contributed by atoms with E-state index in [1.807, 2.05) is 0 Å². The third kappa shape index (κ3) is 2.61. The lowest BCUT2D eigenvalue weighted by atomic mass is 9.94. The third-order valence-corrected chi connectivity index (χ3v) is 3.01. The van der Waals surface area contributed by atoms with Gasteiger partial charge in [0.15, 0.2) is 0 Å². The number of nitrogens with zero attached hydrogens (tertiary/aromatic N) is 2. The van der Waals surface area contributed by atoms with E-state index in [0.717, 1.165) is 5.56 Å². The van der Waals surface area contributed by atoms with E-state index in [9.17, 15) is 4.79 Å². The molecule has 0 amide bonds. The van der Waals surface area contributed by atoms with E-state index >= 15 is 0 Å². The van der Waals surface area contributed by atoms with E-state index in [4.69, 9.17) is 20.9 Å². The Labute approximate surface area is 115 Å². The second-order valence-electron chi connectivity index (χ2n) is 4.55. The highest BCUT2D eigenvalue weighted by Crippen LogP contribution is 2.26. The maximum atomic E-state index is 11.7. The van der Waals surface area contributed by atoms with Crippen molar-refractivity contribution in [3.05, 3.63) is 35.2 Å². The van der Waals surface area contributed by atoms with Gasteiger partial charge in [-0.15, -0.1) is 0 Å². The van der Waals surface area contributed by atoms with Crippen molar-refractivity contribution in [1.82, 2.24) is 10.1 Å². The molecule has 0 saturated heterocycles. The number of halogens is 1. The minimum absolute atomic E-state index is 0.212. The molecule has 0 atom stereocenters. The van der Waals surface area contributed by atoms with Crippen LogP contribution in [0, 0.1) is 0 Å². The maximum absolute atomic E-state index is 11.7. The lowest BCUT2D eigenvalue weighted by Gasteiger charge is -2.15. The number of hydrogen-bond donors (Lipinski definition) is 0. The molecule has 0 N–H and O–H groups in total. The molecule has 19 heavy (non-hydrogen) atoms. The molecule has 2 rings (SSSR count). The van der Waals surface area contributed by atoms with Gasteiger partial charge in [0.05, 0.1) is 7.11 Å². The van der Waals surface area contributed by atoms with Crippen molar-refractivity contribution in [1.29, 1.82) is 0 Å². The molecule has 1 aromatic heterocycles. The highest BCUT2D eigenvalue weighted by molar-refractivity contribution is 6.30. The first kappa shape index (κ1) is 13.5. The van der Waals surface area contributed by atoms with Crippen LogP contribution in [-0.2, 0) is 14.9 Å². The van der Waals surface area contributed by atoms with Gasteiger partial charge in [-0.3, -0.25) is 4.79 Å². The van der Waals surface area contributed by atoms with Crippen LogP contribution in [0.5, 0.6) is 0 Å². The van der Waals surface area contributed by atoms with Crippen molar-refractivity contribution < 1.29 is 14.1 Å². The van der Waals surface area contributed by atoms with Crippen LogP contribution in [0.1, 0.15) is 19.7 Å². The molecule has 0 saturated carbocycles. The van der Waals surface area contributed by atoms with E-state index in [-0.39, 0.29) is 5.89 Å². The Kier molecular flexibility index (Phi) is 3.57. The summed E-state index contributed by atoms with van der Waals surface area (Å²) in [5, 5.41) is 4.49.